The number of carbonyl (C=O) groups is 2. The number of amides is 1. The van der Waals surface area contributed by atoms with Crippen molar-refractivity contribution in [1.29, 1.82) is 0 Å². The topological polar surface area (TPSA) is 121 Å². The zero-order valence-corrected chi connectivity index (χ0v) is 23.8. The minimum absolute atomic E-state index is 0.109. The Morgan fingerprint density at radius 1 is 1.05 bits per heavy atom. The maximum Gasteiger partial charge on any atom is 0.272 e. The highest BCUT2D eigenvalue weighted by Crippen LogP contribution is 2.30. The van der Waals surface area contributed by atoms with E-state index in [4.69, 9.17) is 4.74 Å². The third-order valence-electron chi connectivity index (χ3n) is 5.61. The third kappa shape index (κ3) is 7.21. The first kappa shape index (κ1) is 28.4. The van der Waals surface area contributed by atoms with E-state index in [2.05, 4.69) is 31.0 Å². The Hall–Kier alpha value is -3.15. The van der Waals surface area contributed by atoms with Gasteiger partial charge in [-0.3, -0.25) is 14.3 Å². The Labute approximate surface area is 225 Å². The molecule has 198 valence electrons. The van der Waals surface area contributed by atoms with Crippen LogP contribution in [0.1, 0.15) is 45.4 Å². The van der Waals surface area contributed by atoms with Crippen LogP contribution < -0.4 is 14.8 Å². The van der Waals surface area contributed by atoms with Crippen molar-refractivity contribution in [3.8, 4) is 5.75 Å². The van der Waals surface area contributed by atoms with E-state index >= 15 is 0 Å². The zero-order valence-electron chi connectivity index (χ0n) is 21.4. The summed E-state index contributed by atoms with van der Waals surface area (Å²) in [5, 5.41) is 2.73. The minimum atomic E-state index is -4.06. The van der Waals surface area contributed by atoms with Gasteiger partial charge in [-0.1, -0.05) is 15.9 Å². The van der Waals surface area contributed by atoms with Gasteiger partial charge in [-0.15, -0.1) is 0 Å². The van der Waals surface area contributed by atoms with Gasteiger partial charge in [0.05, 0.1) is 6.61 Å². The number of nitrogens with zero attached hydrogens (tertiary/aromatic N) is 1. The number of hydrogen-bond donors (Lipinski definition) is 3. The molecule has 1 aromatic heterocycles. The molecule has 0 aliphatic heterocycles. The van der Waals surface area contributed by atoms with E-state index < -0.39 is 15.9 Å². The van der Waals surface area contributed by atoms with Gasteiger partial charge in [-0.25, -0.2) is 8.42 Å². The smallest absolute Gasteiger partial charge is 0.272 e. The molecule has 37 heavy (non-hydrogen) atoms. The van der Waals surface area contributed by atoms with E-state index in [1.54, 1.807) is 44.2 Å². The quantitative estimate of drug-likeness (QED) is 0.214. The van der Waals surface area contributed by atoms with Gasteiger partial charge in [0.15, 0.2) is 5.78 Å². The van der Waals surface area contributed by atoms with Crippen LogP contribution in [0.4, 0.5) is 11.4 Å². The summed E-state index contributed by atoms with van der Waals surface area (Å²) in [5.41, 5.74) is 2.48. The molecule has 9 nitrogen and oxygen atoms in total. The summed E-state index contributed by atoms with van der Waals surface area (Å²) >= 11 is 3.34. The van der Waals surface area contributed by atoms with Gasteiger partial charge in [-0.05, 0) is 89.3 Å². The normalized spacial score (nSPS) is 11.4. The molecule has 0 aliphatic carbocycles. The Morgan fingerprint density at radius 2 is 1.70 bits per heavy atom. The fourth-order valence-corrected chi connectivity index (χ4v) is 5.40. The second-order valence-corrected chi connectivity index (χ2v) is 11.5. The van der Waals surface area contributed by atoms with E-state index in [9.17, 15) is 18.0 Å². The number of Topliss-reactive ketones (excluding diaryl/α,β-unsaturated/α-hetero) is 1. The number of anilines is 2. The van der Waals surface area contributed by atoms with Crippen LogP contribution in [-0.2, 0) is 10.0 Å². The van der Waals surface area contributed by atoms with Gasteiger partial charge in [0.1, 0.15) is 16.3 Å². The fourth-order valence-electron chi connectivity index (χ4n) is 3.90. The van der Waals surface area contributed by atoms with Gasteiger partial charge >= 0.3 is 0 Å². The van der Waals surface area contributed by atoms with Crippen LogP contribution in [0.3, 0.4) is 0 Å². The van der Waals surface area contributed by atoms with Crippen molar-refractivity contribution in [1.82, 2.24) is 9.88 Å². The molecule has 0 spiro atoms. The van der Waals surface area contributed by atoms with Crippen LogP contribution in [0.15, 0.2) is 51.8 Å². The van der Waals surface area contributed by atoms with Gasteiger partial charge in [0, 0.05) is 33.6 Å². The molecule has 2 aromatic carbocycles. The lowest BCUT2D eigenvalue weighted by Gasteiger charge is -2.16. The van der Waals surface area contributed by atoms with Crippen LogP contribution >= 0.6 is 15.9 Å². The van der Waals surface area contributed by atoms with Crippen molar-refractivity contribution < 1.29 is 22.7 Å². The second-order valence-electron chi connectivity index (χ2n) is 8.91. The summed E-state index contributed by atoms with van der Waals surface area (Å²) in [7, 11) is -0.166. The maximum absolute atomic E-state index is 13.4. The largest absolute Gasteiger partial charge is 0.492 e. The number of sulfonamides is 1. The molecule has 0 aliphatic rings. The number of aryl methyl sites for hydroxylation is 1. The maximum atomic E-state index is 13.4. The Morgan fingerprint density at radius 3 is 2.30 bits per heavy atom. The highest BCUT2D eigenvalue weighted by atomic mass is 79.9. The summed E-state index contributed by atoms with van der Waals surface area (Å²) in [5.74, 6) is -0.461. The number of aromatic amines is 1. The van der Waals surface area contributed by atoms with Crippen LogP contribution in [0.25, 0.3) is 0 Å². The van der Waals surface area contributed by atoms with Crippen LogP contribution in [0, 0.1) is 13.8 Å². The van der Waals surface area contributed by atoms with Crippen molar-refractivity contribution in [3.05, 3.63) is 69.5 Å². The first-order valence-electron chi connectivity index (χ1n) is 11.6. The molecular weight excluding hydrogens is 560 g/mol. The predicted octanol–water partition coefficient (Wildman–Crippen LogP) is 4.98. The second kappa shape index (κ2) is 11.9. The van der Waals surface area contributed by atoms with E-state index in [0.29, 0.717) is 35.5 Å². The van der Waals surface area contributed by atoms with Crippen molar-refractivity contribution in [3.63, 3.8) is 0 Å². The Balaban J connectivity index is 1.92. The fraction of sp³-hybridized carbons (Fsp3) is 0.308. The monoisotopic (exact) mass is 590 g/mol. The molecule has 0 saturated carbocycles. The van der Waals surface area contributed by atoms with Gasteiger partial charge < -0.3 is 19.9 Å². The van der Waals surface area contributed by atoms with E-state index in [0.717, 1.165) is 11.0 Å². The third-order valence-corrected chi connectivity index (χ3v) is 7.54. The number of rotatable bonds is 11. The molecule has 0 unspecified atom stereocenters. The first-order chi connectivity index (χ1) is 17.4. The Kier molecular flexibility index (Phi) is 9.16. The first-order valence-corrected chi connectivity index (χ1v) is 13.9. The SMILES string of the molecule is CC(=O)c1c(C)[nH]c(C(=O)Nc2ccc(OCCCN(C)C)c(S(=O)(=O)Nc3ccc(Br)cc3)c2)c1C. The van der Waals surface area contributed by atoms with Crippen molar-refractivity contribution in [2.24, 2.45) is 0 Å². The summed E-state index contributed by atoms with van der Waals surface area (Å²) < 4.78 is 35.9. The number of benzene rings is 2. The van der Waals surface area contributed by atoms with Gasteiger partial charge in [0.2, 0.25) is 0 Å². The van der Waals surface area contributed by atoms with Crippen LogP contribution in [-0.4, -0.2) is 57.2 Å². The number of H-pyrrole nitrogens is 1. The number of ketones is 1. The molecule has 1 heterocycles. The number of halogens is 1. The van der Waals surface area contributed by atoms with E-state index in [1.165, 1.54) is 19.1 Å². The predicted molar refractivity (Wildman–Crippen MR) is 148 cm³/mol. The molecule has 11 heteroatoms. The lowest BCUT2D eigenvalue weighted by molar-refractivity contribution is 0.101. The highest BCUT2D eigenvalue weighted by Gasteiger charge is 2.23. The zero-order chi connectivity index (χ0) is 27.3. The molecule has 3 rings (SSSR count). The average molecular weight is 592 g/mol. The summed E-state index contributed by atoms with van der Waals surface area (Å²) in [6.45, 7) is 5.96. The number of ether oxygens (including phenoxy) is 1. The van der Waals surface area contributed by atoms with E-state index in [1.807, 2.05) is 19.0 Å². The molecule has 0 radical (unpaired) electrons. The molecule has 0 bridgehead atoms. The van der Waals surface area contributed by atoms with E-state index in [-0.39, 0.29) is 27.8 Å². The minimum Gasteiger partial charge on any atom is -0.492 e. The number of carbonyl (C=O) groups excluding carboxylic acids is 2. The standard InChI is InChI=1S/C26H31BrN4O5S/c1-16-24(18(3)32)17(2)28-25(16)26(33)29-21-11-12-22(36-14-6-13-31(4)5)23(15-21)37(34,35)30-20-9-7-19(27)8-10-20/h7-12,15,28,30H,6,13-14H2,1-5H3,(H,29,33). The molecule has 1 amide bonds. The molecule has 3 N–H and O–H groups in total. The molecule has 0 fully saturated rings. The lowest BCUT2D eigenvalue weighted by Crippen LogP contribution is -2.18. The van der Waals surface area contributed by atoms with Gasteiger partial charge in [-0.2, -0.15) is 0 Å². The van der Waals surface area contributed by atoms with Crippen molar-refractivity contribution in [2.45, 2.75) is 32.1 Å². The highest BCUT2D eigenvalue weighted by molar-refractivity contribution is 9.10. The molecule has 0 atom stereocenters. The molecule has 3 aromatic rings. The summed E-state index contributed by atoms with van der Waals surface area (Å²) in [6, 6.07) is 11.2. The molecule has 0 saturated heterocycles. The van der Waals surface area contributed by atoms with Gasteiger partial charge in [0.25, 0.3) is 15.9 Å². The average Bonchev–Trinajstić information content (AvgIpc) is 3.12. The number of hydrogen-bond acceptors (Lipinski definition) is 6. The lowest BCUT2D eigenvalue weighted by atomic mass is 10.1. The van der Waals surface area contributed by atoms with Crippen molar-refractivity contribution >= 4 is 49.0 Å². The number of nitrogens with one attached hydrogen (secondary N) is 3. The van der Waals surface area contributed by atoms with Crippen LogP contribution in [0.2, 0.25) is 0 Å². The van der Waals surface area contributed by atoms with Crippen LogP contribution in [0.5, 0.6) is 5.75 Å². The van der Waals surface area contributed by atoms with Crippen molar-refractivity contribution in [2.75, 3.05) is 37.3 Å². The molecular formula is C26H31BrN4O5S. The number of aromatic nitrogens is 1. The Bertz CT molecular complexity index is 1400. The summed E-state index contributed by atoms with van der Waals surface area (Å²) in [4.78, 5) is 29.8. The summed E-state index contributed by atoms with van der Waals surface area (Å²) in [6.07, 6.45) is 0.703.